The second kappa shape index (κ2) is 2.93. The maximum Gasteiger partial charge on any atom is 0.119 e. The first-order chi connectivity index (χ1) is 4.88. The van der Waals surface area contributed by atoms with Gasteiger partial charge >= 0.3 is 0 Å². The summed E-state index contributed by atoms with van der Waals surface area (Å²) >= 11 is 6.40. The number of rotatable bonds is 1. The van der Waals surface area contributed by atoms with Crippen molar-refractivity contribution in [3.63, 3.8) is 0 Å². The second-order valence-electron chi connectivity index (χ2n) is 2.75. The molecule has 10 heavy (non-hydrogen) atoms. The molecule has 1 atom stereocenters. The van der Waals surface area contributed by atoms with Crippen molar-refractivity contribution in [2.45, 2.75) is 11.9 Å². The Hall–Kier alpha value is 0.620. The number of likely N-dealkylation sites (tertiary alicyclic amines) is 1. The van der Waals surface area contributed by atoms with Crippen LogP contribution in [0.15, 0.2) is 0 Å². The van der Waals surface area contributed by atoms with Gasteiger partial charge in [-0.3, -0.25) is 4.90 Å². The third-order valence-electron chi connectivity index (χ3n) is 2.05. The Balaban J connectivity index is 1.90. The monoisotopic (exact) mass is 176 g/mol. The van der Waals surface area contributed by atoms with Gasteiger partial charge in [0.1, 0.15) is 5.50 Å². The Bertz CT molecular complexity index is 127. The van der Waals surface area contributed by atoms with Crippen molar-refractivity contribution in [1.29, 1.82) is 0 Å². The highest BCUT2D eigenvalue weighted by Gasteiger charge is 2.31. The van der Waals surface area contributed by atoms with Gasteiger partial charge in [0, 0.05) is 25.4 Å². The smallest absolute Gasteiger partial charge is 0.119 e. The van der Waals surface area contributed by atoms with Crippen molar-refractivity contribution in [2.75, 3.05) is 25.4 Å². The van der Waals surface area contributed by atoms with E-state index in [2.05, 4.69) is 22.0 Å². The molecule has 4 heteroatoms. The summed E-state index contributed by atoms with van der Waals surface area (Å²) in [5.41, 5.74) is 0.581. The lowest BCUT2D eigenvalue weighted by Crippen LogP contribution is -2.47. The van der Waals surface area contributed by atoms with Crippen molar-refractivity contribution >= 4 is 24.6 Å². The highest BCUT2D eigenvalue weighted by Crippen LogP contribution is 2.30. The minimum atomic E-state index is 0.581. The predicted octanol–water partition coefficient (Wildman–Crippen LogP) is 0.869. The molecule has 0 aromatic rings. The van der Waals surface area contributed by atoms with Crippen LogP contribution >= 0.6 is 24.6 Å². The Morgan fingerprint density at radius 3 is 2.50 bits per heavy atom. The molecule has 2 saturated heterocycles. The highest BCUT2D eigenvalue weighted by atomic mass is 32.2. The van der Waals surface area contributed by atoms with Crippen molar-refractivity contribution in [3.05, 3.63) is 0 Å². The maximum absolute atomic E-state index is 4.39. The van der Waals surface area contributed by atoms with Crippen LogP contribution in [0.1, 0.15) is 6.42 Å². The molecule has 0 spiro atoms. The van der Waals surface area contributed by atoms with E-state index in [1.54, 1.807) is 0 Å². The van der Waals surface area contributed by atoms with Crippen LogP contribution in [-0.4, -0.2) is 40.1 Å². The van der Waals surface area contributed by atoms with Crippen LogP contribution < -0.4 is 0 Å². The van der Waals surface area contributed by atoms with Crippen LogP contribution in [0.3, 0.4) is 0 Å². The van der Waals surface area contributed by atoms with Gasteiger partial charge in [-0.1, -0.05) is 12.8 Å². The van der Waals surface area contributed by atoms with Gasteiger partial charge in [0.15, 0.2) is 0 Å². The fourth-order valence-electron chi connectivity index (χ4n) is 1.30. The zero-order valence-corrected chi connectivity index (χ0v) is 7.57. The average molecular weight is 176 g/mol. The first-order valence-corrected chi connectivity index (χ1v) is 5.14. The van der Waals surface area contributed by atoms with E-state index in [1.165, 1.54) is 25.3 Å². The van der Waals surface area contributed by atoms with Crippen LogP contribution in [0, 0.1) is 0 Å². The van der Waals surface area contributed by atoms with Crippen molar-refractivity contribution in [1.82, 2.24) is 9.21 Å². The molecule has 58 valence electrons. The molecule has 0 bridgehead atoms. The minimum Gasteiger partial charge on any atom is -0.279 e. The van der Waals surface area contributed by atoms with Crippen molar-refractivity contribution in [2.24, 2.45) is 0 Å². The maximum atomic E-state index is 4.39. The van der Waals surface area contributed by atoms with Gasteiger partial charge in [0.25, 0.3) is 0 Å². The van der Waals surface area contributed by atoms with E-state index >= 15 is 0 Å². The summed E-state index contributed by atoms with van der Waals surface area (Å²) in [6.45, 7) is 3.68. The van der Waals surface area contributed by atoms with Gasteiger partial charge in [0.05, 0.1) is 0 Å². The van der Waals surface area contributed by atoms with Crippen LogP contribution in [0.5, 0.6) is 0 Å². The first-order valence-electron chi connectivity index (χ1n) is 3.69. The number of nitrogens with zero attached hydrogens (tertiary/aromatic N) is 2. The summed E-state index contributed by atoms with van der Waals surface area (Å²) < 4.78 is 2.14. The summed E-state index contributed by atoms with van der Waals surface area (Å²) in [7, 11) is 0. The van der Waals surface area contributed by atoms with Crippen LogP contribution in [0.25, 0.3) is 0 Å². The van der Waals surface area contributed by atoms with Gasteiger partial charge < -0.3 is 0 Å². The topological polar surface area (TPSA) is 6.48 Å². The fraction of sp³-hybridized carbons (Fsp3) is 1.00. The van der Waals surface area contributed by atoms with Crippen molar-refractivity contribution in [3.8, 4) is 0 Å². The number of thiol groups is 1. The Labute approximate surface area is 71.5 Å². The van der Waals surface area contributed by atoms with E-state index < -0.39 is 0 Å². The summed E-state index contributed by atoms with van der Waals surface area (Å²) in [6, 6.07) is 0. The second-order valence-corrected chi connectivity index (χ2v) is 4.43. The normalized spacial score (nSPS) is 36.3. The number of hydrogen-bond acceptors (Lipinski definition) is 4. The van der Waals surface area contributed by atoms with E-state index in [0.29, 0.717) is 5.50 Å². The van der Waals surface area contributed by atoms with Crippen LogP contribution in [0.4, 0.5) is 0 Å². The molecule has 2 fully saturated rings. The third-order valence-corrected chi connectivity index (χ3v) is 3.89. The van der Waals surface area contributed by atoms with Crippen LogP contribution in [0.2, 0.25) is 0 Å². The molecule has 0 radical (unpaired) electrons. The van der Waals surface area contributed by atoms with E-state index in [4.69, 9.17) is 0 Å². The Morgan fingerprint density at radius 1 is 1.30 bits per heavy atom. The quantitative estimate of drug-likeness (QED) is 0.593. The van der Waals surface area contributed by atoms with E-state index in [0.717, 1.165) is 6.54 Å². The molecule has 2 rings (SSSR count). The zero-order chi connectivity index (χ0) is 6.97. The lowest BCUT2D eigenvalue weighted by Gasteiger charge is -2.38. The molecule has 0 aliphatic carbocycles. The van der Waals surface area contributed by atoms with Gasteiger partial charge in [0.2, 0.25) is 0 Å². The molecule has 2 heterocycles. The Kier molecular flexibility index (Phi) is 2.13. The van der Waals surface area contributed by atoms with Crippen molar-refractivity contribution < 1.29 is 0 Å². The molecule has 0 saturated carbocycles. The predicted molar refractivity (Wildman–Crippen MR) is 48.1 cm³/mol. The number of thioether (sulfide) groups is 1. The standard InChI is InChI=1S/C6H12N2S2/c9-8-4-5-10-6(8)7-2-1-3-7/h6,9H,1-5H2. The van der Waals surface area contributed by atoms with E-state index in [9.17, 15) is 0 Å². The van der Waals surface area contributed by atoms with E-state index in [1.807, 2.05) is 11.8 Å². The number of hydrogen-bond donors (Lipinski definition) is 1. The SMILES string of the molecule is SN1CCSC1N1CCC1. The summed E-state index contributed by atoms with van der Waals surface area (Å²) in [5, 5.41) is 0. The molecule has 2 nitrogen and oxygen atoms in total. The summed E-state index contributed by atoms with van der Waals surface area (Å²) in [5.74, 6) is 1.24. The molecule has 2 aliphatic rings. The van der Waals surface area contributed by atoms with Gasteiger partial charge in [-0.15, -0.1) is 11.8 Å². The lowest BCUT2D eigenvalue weighted by atomic mass is 10.2. The molecule has 1 unspecified atom stereocenters. The van der Waals surface area contributed by atoms with Gasteiger partial charge in [-0.25, -0.2) is 4.31 Å². The molecule has 0 N–H and O–H groups in total. The largest absolute Gasteiger partial charge is 0.279 e. The van der Waals surface area contributed by atoms with E-state index in [-0.39, 0.29) is 0 Å². The third kappa shape index (κ3) is 1.18. The molecule has 0 amide bonds. The zero-order valence-electron chi connectivity index (χ0n) is 5.86. The van der Waals surface area contributed by atoms with Crippen LogP contribution in [-0.2, 0) is 0 Å². The van der Waals surface area contributed by atoms with Gasteiger partial charge in [-0.2, -0.15) is 0 Å². The van der Waals surface area contributed by atoms with Gasteiger partial charge in [-0.05, 0) is 6.42 Å². The first kappa shape index (κ1) is 7.28. The Morgan fingerprint density at radius 2 is 2.10 bits per heavy atom. The lowest BCUT2D eigenvalue weighted by molar-refractivity contribution is 0.118. The average Bonchev–Trinajstić information content (AvgIpc) is 2.12. The summed E-state index contributed by atoms with van der Waals surface area (Å²) in [6.07, 6.45) is 1.37. The molecule has 0 aromatic heterocycles. The summed E-state index contributed by atoms with van der Waals surface area (Å²) in [4.78, 5) is 2.48. The molecular weight excluding hydrogens is 164 g/mol. The highest BCUT2D eigenvalue weighted by molar-refractivity contribution is 8.00. The molecule has 2 aliphatic heterocycles. The molecular formula is C6H12N2S2. The molecule has 0 aromatic carbocycles. The fourth-order valence-corrected chi connectivity index (χ4v) is 3.10. The minimum absolute atomic E-state index is 0.581.